The number of benzene rings is 2. The summed E-state index contributed by atoms with van der Waals surface area (Å²) in [6.45, 7) is 4.36. The van der Waals surface area contributed by atoms with Crippen LogP contribution in [-0.2, 0) is 6.61 Å². The molecule has 3 amide bonds. The van der Waals surface area contributed by atoms with Gasteiger partial charge in [0.15, 0.2) is 0 Å². The molecule has 1 aromatic heterocycles. The van der Waals surface area contributed by atoms with Gasteiger partial charge >= 0.3 is 6.03 Å². The number of nitrogens with zero attached hydrogens (tertiary/aromatic N) is 1. The average Bonchev–Trinajstić information content (AvgIpc) is 3.33. The van der Waals surface area contributed by atoms with Crippen LogP contribution in [0.1, 0.15) is 52.3 Å². The first-order valence-electron chi connectivity index (χ1n) is 12.1. The van der Waals surface area contributed by atoms with E-state index in [-0.39, 0.29) is 24.0 Å². The van der Waals surface area contributed by atoms with Gasteiger partial charge < -0.3 is 25.4 Å². The normalized spacial score (nSPS) is 17.2. The third-order valence-corrected chi connectivity index (χ3v) is 6.92. The Kier molecular flexibility index (Phi) is 8.43. The van der Waals surface area contributed by atoms with Gasteiger partial charge in [-0.2, -0.15) is 0 Å². The van der Waals surface area contributed by atoms with E-state index in [1.165, 1.54) is 11.3 Å². The Morgan fingerprint density at radius 1 is 1.03 bits per heavy atom. The van der Waals surface area contributed by atoms with Crippen LogP contribution in [0.3, 0.4) is 0 Å². The van der Waals surface area contributed by atoms with Crippen molar-refractivity contribution in [2.75, 3.05) is 12.4 Å². The number of aromatic nitrogens is 1. The lowest BCUT2D eigenvalue weighted by Crippen LogP contribution is -2.54. The SMILES string of the molecule is COc1ccccc1NC(=O)N[C@H]1CCCC[C@H]1NC(=O)c1csc(COc2cc(C)cc(C)c2)n1. The minimum atomic E-state index is -0.329. The number of thiazole rings is 1. The van der Waals surface area contributed by atoms with E-state index in [0.29, 0.717) is 23.7 Å². The largest absolute Gasteiger partial charge is 0.495 e. The number of hydrogen-bond donors (Lipinski definition) is 3. The molecule has 3 aromatic rings. The van der Waals surface area contributed by atoms with Crippen LogP contribution in [0.4, 0.5) is 10.5 Å². The third-order valence-electron chi connectivity index (χ3n) is 6.10. The fourth-order valence-electron chi connectivity index (χ4n) is 4.44. The highest BCUT2D eigenvalue weighted by molar-refractivity contribution is 7.09. The number of ether oxygens (including phenoxy) is 2. The van der Waals surface area contributed by atoms with Crippen LogP contribution < -0.4 is 25.4 Å². The minimum Gasteiger partial charge on any atom is -0.495 e. The zero-order valence-electron chi connectivity index (χ0n) is 20.8. The summed E-state index contributed by atoms with van der Waals surface area (Å²) in [7, 11) is 1.56. The maximum Gasteiger partial charge on any atom is 0.319 e. The van der Waals surface area contributed by atoms with Gasteiger partial charge in [-0.1, -0.05) is 31.0 Å². The molecule has 8 nitrogen and oxygen atoms in total. The van der Waals surface area contributed by atoms with E-state index in [9.17, 15) is 9.59 Å². The van der Waals surface area contributed by atoms with Crippen molar-refractivity contribution in [3.63, 3.8) is 0 Å². The van der Waals surface area contributed by atoms with Gasteiger partial charge in [0.05, 0.1) is 18.8 Å². The number of carbonyl (C=O) groups is 2. The molecule has 0 radical (unpaired) electrons. The van der Waals surface area contributed by atoms with Gasteiger partial charge in [0.1, 0.15) is 28.8 Å². The van der Waals surface area contributed by atoms with Crippen molar-refractivity contribution < 1.29 is 19.1 Å². The van der Waals surface area contributed by atoms with Crippen LogP contribution in [-0.4, -0.2) is 36.1 Å². The summed E-state index contributed by atoms with van der Waals surface area (Å²) in [5.74, 6) is 1.13. The maximum absolute atomic E-state index is 12.9. The molecular weight excluding hydrogens is 476 g/mol. The van der Waals surface area contributed by atoms with Crippen LogP contribution in [0.15, 0.2) is 47.8 Å². The lowest BCUT2D eigenvalue weighted by atomic mass is 9.90. The molecule has 4 rings (SSSR count). The molecule has 1 aliphatic rings. The summed E-state index contributed by atoms with van der Waals surface area (Å²) in [4.78, 5) is 30.1. The van der Waals surface area contributed by atoms with Crippen LogP contribution >= 0.6 is 11.3 Å². The van der Waals surface area contributed by atoms with Crippen molar-refractivity contribution in [2.24, 2.45) is 0 Å². The van der Waals surface area contributed by atoms with Crippen molar-refractivity contribution >= 4 is 29.0 Å². The van der Waals surface area contributed by atoms with Crippen molar-refractivity contribution in [3.8, 4) is 11.5 Å². The molecule has 1 heterocycles. The van der Waals surface area contributed by atoms with Crippen molar-refractivity contribution in [1.82, 2.24) is 15.6 Å². The van der Waals surface area contributed by atoms with Gasteiger partial charge in [-0.05, 0) is 62.1 Å². The Balaban J connectivity index is 1.32. The third kappa shape index (κ3) is 6.75. The standard InChI is InChI=1S/C27H32N4O4S/c1-17-12-18(2)14-19(13-17)35-15-25-28-23(16-36-25)26(32)29-20-8-4-5-9-21(20)30-27(33)31-22-10-6-7-11-24(22)34-3/h6-7,10-14,16,20-21H,4-5,8-9,15H2,1-3H3,(H,29,32)(H2,30,31,33)/t20-,21+/m1/s1. The number of amides is 3. The summed E-state index contributed by atoms with van der Waals surface area (Å²) < 4.78 is 11.2. The van der Waals surface area contributed by atoms with Gasteiger partial charge in [-0.3, -0.25) is 4.79 Å². The van der Waals surface area contributed by atoms with E-state index in [2.05, 4.69) is 27.0 Å². The molecule has 190 valence electrons. The van der Waals surface area contributed by atoms with Crippen molar-refractivity contribution in [1.29, 1.82) is 0 Å². The summed E-state index contributed by atoms with van der Waals surface area (Å²) in [5.41, 5.74) is 3.22. The minimum absolute atomic E-state index is 0.175. The first-order chi connectivity index (χ1) is 17.4. The molecule has 9 heteroatoms. The van der Waals surface area contributed by atoms with Crippen molar-refractivity contribution in [2.45, 2.75) is 58.2 Å². The predicted molar refractivity (Wildman–Crippen MR) is 141 cm³/mol. The number of nitrogens with one attached hydrogen (secondary N) is 3. The molecule has 2 aromatic carbocycles. The highest BCUT2D eigenvalue weighted by Gasteiger charge is 2.29. The quantitative estimate of drug-likeness (QED) is 0.388. The highest BCUT2D eigenvalue weighted by atomic mass is 32.1. The Bertz CT molecular complexity index is 1190. The molecule has 0 unspecified atom stereocenters. The monoisotopic (exact) mass is 508 g/mol. The van der Waals surface area contributed by atoms with Crippen LogP contribution in [0, 0.1) is 13.8 Å². The molecule has 3 N–H and O–H groups in total. The van der Waals surface area contributed by atoms with Gasteiger partial charge in [0.2, 0.25) is 0 Å². The number of carbonyl (C=O) groups excluding carboxylic acids is 2. The highest BCUT2D eigenvalue weighted by Crippen LogP contribution is 2.24. The first kappa shape index (κ1) is 25.5. The second-order valence-electron chi connectivity index (χ2n) is 9.01. The first-order valence-corrected chi connectivity index (χ1v) is 13.0. The molecule has 0 saturated heterocycles. The molecule has 1 saturated carbocycles. The molecule has 36 heavy (non-hydrogen) atoms. The number of aryl methyl sites for hydroxylation is 2. The van der Waals surface area contributed by atoms with E-state index in [0.717, 1.165) is 47.6 Å². The fourth-order valence-corrected chi connectivity index (χ4v) is 5.12. The lowest BCUT2D eigenvalue weighted by Gasteiger charge is -2.32. The van der Waals surface area contributed by atoms with E-state index < -0.39 is 0 Å². The number of para-hydroxylation sites is 2. The Morgan fingerprint density at radius 2 is 1.72 bits per heavy atom. The van der Waals surface area contributed by atoms with E-state index in [1.807, 2.05) is 38.1 Å². The Morgan fingerprint density at radius 3 is 2.44 bits per heavy atom. The molecule has 0 spiro atoms. The van der Waals surface area contributed by atoms with Gasteiger partial charge in [-0.15, -0.1) is 11.3 Å². The number of urea groups is 1. The molecule has 0 bridgehead atoms. The van der Waals surface area contributed by atoms with Crippen LogP contribution in [0.2, 0.25) is 0 Å². The summed E-state index contributed by atoms with van der Waals surface area (Å²) in [6, 6.07) is 12.6. The van der Waals surface area contributed by atoms with Crippen LogP contribution in [0.25, 0.3) is 0 Å². The summed E-state index contributed by atoms with van der Waals surface area (Å²) in [6.07, 6.45) is 3.56. The number of anilines is 1. The molecule has 1 fully saturated rings. The molecule has 2 atom stereocenters. The second kappa shape index (κ2) is 11.9. The molecule has 0 aliphatic heterocycles. The van der Waals surface area contributed by atoms with E-state index in [4.69, 9.17) is 9.47 Å². The van der Waals surface area contributed by atoms with Gasteiger partial charge in [0, 0.05) is 11.4 Å². The Labute approximate surface area is 215 Å². The summed E-state index contributed by atoms with van der Waals surface area (Å²) in [5, 5.41) is 11.4. The van der Waals surface area contributed by atoms with E-state index in [1.54, 1.807) is 24.6 Å². The molecular formula is C27H32N4O4S. The Hall–Kier alpha value is -3.59. The molecule has 1 aliphatic carbocycles. The zero-order valence-corrected chi connectivity index (χ0v) is 21.6. The van der Waals surface area contributed by atoms with Crippen molar-refractivity contribution in [3.05, 3.63) is 69.7 Å². The van der Waals surface area contributed by atoms with Gasteiger partial charge in [-0.25, -0.2) is 9.78 Å². The number of hydrogen-bond acceptors (Lipinski definition) is 6. The fraction of sp³-hybridized carbons (Fsp3) is 0.370. The zero-order chi connectivity index (χ0) is 25.5. The van der Waals surface area contributed by atoms with Gasteiger partial charge in [0.25, 0.3) is 5.91 Å². The smallest absolute Gasteiger partial charge is 0.319 e. The van der Waals surface area contributed by atoms with Crippen LogP contribution in [0.5, 0.6) is 11.5 Å². The number of rotatable bonds is 8. The number of methoxy groups -OCH3 is 1. The average molecular weight is 509 g/mol. The maximum atomic E-state index is 12.9. The van der Waals surface area contributed by atoms with E-state index >= 15 is 0 Å². The second-order valence-corrected chi connectivity index (χ2v) is 9.95. The topological polar surface area (TPSA) is 102 Å². The lowest BCUT2D eigenvalue weighted by molar-refractivity contribution is 0.0911. The summed E-state index contributed by atoms with van der Waals surface area (Å²) >= 11 is 1.40. The predicted octanol–water partition coefficient (Wildman–Crippen LogP) is 5.21.